The monoisotopic (exact) mass is 268 g/mol. The van der Waals surface area contributed by atoms with Gasteiger partial charge in [-0.25, -0.2) is 0 Å². The molecule has 0 aromatic heterocycles. The van der Waals surface area contributed by atoms with Gasteiger partial charge < -0.3 is 15.2 Å². The third kappa shape index (κ3) is 4.92. The molecule has 0 radical (unpaired) electrons. The van der Waals surface area contributed by atoms with Crippen molar-refractivity contribution >= 4 is 17.3 Å². The molecular weight excluding hydrogens is 252 g/mol. The molecule has 18 heavy (non-hydrogen) atoms. The molecule has 98 valence electrons. The molecule has 0 spiro atoms. The second-order valence-corrected chi connectivity index (χ2v) is 4.63. The van der Waals surface area contributed by atoms with Crippen LogP contribution in [0.4, 0.5) is 5.69 Å². The Morgan fingerprint density at radius 1 is 1.50 bits per heavy atom. The fraction of sp³-hybridized carbons (Fsp3) is 0.462. The molecule has 0 saturated heterocycles. The molecule has 0 bridgehead atoms. The van der Waals surface area contributed by atoms with Gasteiger partial charge in [0.2, 0.25) is 0 Å². The zero-order valence-corrected chi connectivity index (χ0v) is 11.2. The highest BCUT2D eigenvalue weighted by molar-refractivity contribution is 6.33. The van der Waals surface area contributed by atoms with Crippen LogP contribution in [0.15, 0.2) is 18.2 Å². The molecule has 0 aliphatic carbocycles. The molecule has 0 saturated carbocycles. The maximum atomic E-state index is 9.67. The van der Waals surface area contributed by atoms with E-state index in [0.29, 0.717) is 22.8 Å². The van der Waals surface area contributed by atoms with Crippen molar-refractivity contribution in [3.63, 3.8) is 0 Å². The first-order valence-electron chi connectivity index (χ1n) is 5.76. The summed E-state index contributed by atoms with van der Waals surface area (Å²) in [7, 11) is 0. The Hall–Kier alpha value is -1.28. The van der Waals surface area contributed by atoms with Gasteiger partial charge >= 0.3 is 0 Å². The number of aliphatic hydroxyl groups excluding tert-OH is 1. The van der Waals surface area contributed by atoms with Crippen LogP contribution in [0.5, 0.6) is 0 Å². The summed E-state index contributed by atoms with van der Waals surface area (Å²) in [5.41, 5.74) is 1.20. The lowest BCUT2D eigenvalue weighted by Crippen LogP contribution is -2.26. The molecule has 0 aliphatic heterocycles. The summed E-state index contributed by atoms with van der Waals surface area (Å²) >= 11 is 5.99. The lowest BCUT2D eigenvalue weighted by Gasteiger charge is -2.15. The molecule has 0 aliphatic rings. The average molecular weight is 269 g/mol. The topological polar surface area (TPSA) is 65.3 Å². The van der Waals surface area contributed by atoms with Crippen molar-refractivity contribution < 1.29 is 9.84 Å². The summed E-state index contributed by atoms with van der Waals surface area (Å²) in [6, 6.07) is 6.99. The van der Waals surface area contributed by atoms with Crippen molar-refractivity contribution in [3.8, 4) is 6.07 Å². The van der Waals surface area contributed by atoms with Gasteiger partial charge in [-0.2, -0.15) is 5.26 Å². The number of nitrogens with zero attached hydrogens (tertiary/aromatic N) is 1. The summed E-state index contributed by atoms with van der Waals surface area (Å²) in [6.07, 6.45) is -0.503. The van der Waals surface area contributed by atoms with Gasteiger partial charge in [-0.05, 0) is 32.0 Å². The molecular formula is C13H17ClN2O2. The number of nitriles is 1. The first kappa shape index (κ1) is 14.8. The van der Waals surface area contributed by atoms with Crippen LogP contribution in [0.3, 0.4) is 0 Å². The Labute approximate surface area is 112 Å². The molecule has 2 N–H and O–H groups in total. The van der Waals surface area contributed by atoms with Crippen LogP contribution < -0.4 is 5.32 Å². The van der Waals surface area contributed by atoms with Crippen LogP contribution in [0.25, 0.3) is 0 Å². The van der Waals surface area contributed by atoms with Gasteiger partial charge in [0, 0.05) is 6.54 Å². The van der Waals surface area contributed by atoms with E-state index in [1.165, 1.54) is 0 Å². The fourth-order valence-corrected chi connectivity index (χ4v) is 1.57. The number of hydrogen-bond acceptors (Lipinski definition) is 4. The van der Waals surface area contributed by atoms with E-state index in [1.807, 2.05) is 19.9 Å². The van der Waals surface area contributed by atoms with Crippen LogP contribution >= 0.6 is 11.6 Å². The molecule has 1 atom stereocenters. The third-order valence-corrected chi connectivity index (χ3v) is 2.56. The minimum atomic E-state index is -0.598. The van der Waals surface area contributed by atoms with Gasteiger partial charge in [-0.15, -0.1) is 0 Å². The second kappa shape index (κ2) is 7.22. The van der Waals surface area contributed by atoms with Crippen molar-refractivity contribution in [2.45, 2.75) is 26.1 Å². The lowest BCUT2D eigenvalue weighted by molar-refractivity contribution is 0.0112. The van der Waals surface area contributed by atoms with Crippen LogP contribution in [0, 0.1) is 11.3 Å². The first-order chi connectivity index (χ1) is 8.52. The molecule has 5 heteroatoms. The van der Waals surface area contributed by atoms with Gasteiger partial charge in [0.05, 0.1) is 41.2 Å². The van der Waals surface area contributed by atoms with Gasteiger partial charge in [-0.3, -0.25) is 0 Å². The highest BCUT2D eigenvalue weighted by Crippen LogP contribution is 2.22. The molecule has 0 fully saturated rings. The van der Waals surface area contributed by atoms with Crippen molar-refractivity contribution in [3.05, 3.63) is 28.8 Å². The van der Waals surface area contributed by atoms with Crippen molar-refractivity contribution in [2.75, 3.05) is 18.5 Å². The zero-order chi connectivity index (χ0) is 13.5. The molecule has 1 aromatic rings. The number of benzene rings is 1. The number of nitrogens with one attached hydrogen (secondary N) is 1. The Morgan fingerprint density at radius 2 is 2.22 bits per heavy atom. The predicted octanol–water partition coefficient (Wildman–Crippen LogP) is 2.41. The fourth-order valence-electron chi connectivity index (χ4n) is 1.32. The number of hydrogen-bond donors (Lipinski definition) is 2. The SMILES string of the molecule is CC(C)OCC(O)CNc1ccc(C#N)cc1Cl. The van der Waals surface area contributed by atoms with Crippen molar-refractivity contribution in [1.82, 2.24) is 0 Å². The van der Waals surface area contributed by atoms with Crippen LogP contribution in [-0.2, 0) is 4.74 Å². The van der Waals surface area contributed by atoms with Gasteiger partial charge in [-0.1, -0.05) is 11.6 Å². The Morgan fingerprint density at radius 3 is 2.78 bits per heavy atom. The van der Waals surface area contributed by atoms with Gasteiger partial charge in [0.15, 0.2) is 0 Å². The third-order valence-electron chi connectivity index (χ3n) is 2.25. The quantitative estimate of drug-likeness (QED) is 0.832. The van der Waals surface area contributed by atoms with E-state index >= 15 is 0 Å². The van der Waals surface area contributed by atoms with Crippen LogP contribution in [0.1, 0.15) is 19.4 Å². The second-order valence-electron chi connectivity index (χ2n) is 4.22. The Bertz CT molecular complexity index is 429. The smallest absolute Gasteiger partial charge is 0.0992 e. The normalized spacial score (nSPS) is 12.2. The first-order valence-corrected chi connectivity index (χ1v) is 6.14. The molecule has 4 nitrogen and oxygen atoms in total. The maximum absolute atomic E-state index is 9.67. The molecule has 1 rings (SSSR count). The van der Waals surface area contributed by atoms with E-state index in [1.54, 1.807) is 18.2 Å². The largest absolute Gasteiger partial charge is 0.389 e. The summed E-state index contributed by atoms with van der Waals surface area (Å²) < 4.78 is 5.29. The number of halogens is 1. The molecule has 1 aromatic carbocycles. The number of aliphatic hydroxyl groups is 1. The van der Waals surface area contributed by atoms with Gasteiger partial charge in [0.25, 0.3) is 0 Å². The summed E-state index contributed by atoms with van der Waals surface area (Å²) in [6.45, 7) is 4.45. The zero-order valence-electron chi connectivity index (χ0n) is 10.5. The van der Waals surface area contributed by atoms with E-state index in [2.05, 4.69) is 5.32 Å². The summed E-state index contributed by atoms with van der Waals surface area (Å²) in [4.78, 5) is 0. The molecule has 0 amide bonds. The summed E-state index contributed by atoms with van der Waals surface area (Å²) in [5.74, 6) is 0. The van der Waals surface area contributed by atoms with Crippen LogP contribution in [-0.4, -0.2) is 30.5 Å². The van der Waals surface area contributed by atoms with Crippen LogP contribution in [0.2, 0.25) is 5.02 Å². The van der Waals surface area contributed by atoms with E-state index < -0.39 is 6.10 Å². The number of ether oxygens (including phenoxy) is 1. The Balaban J connectivity index is 2.46. The van der Waals surface area contributed by atoms with E-state index in [4.69, 9.17) is 21.6 Å². The van der Waals surface area contributed by atoms with Crippen molar-refractivity contribution in [2.24, 2.45) is 0 Å². The molecule has 0 heterocycles. The standard InChI is InChI=1S/C13H17ClN2O2/c1-9(2)18-8-11(17)7-16-13-4-3-10(6-15)5-12(13)14/h3-5,9,11,16-17H,7-8H2,1-2H3. The molecule has 1 unspecified atom stereocenters. The number of rotatable bonds is 6. The van der Waals surface area contributed by atoms with E-state index in [0.717, 1.165) is 0 Å². The average Bonchev–Trinajstić information content (AvgIpc) is 2.34. The highest BCUT2D eigenvalue weighted by Gasteiger charge is 2.07. The van der Waals surface area contributed by atoms with Crippen molar-refractivity contribution in [1.29, 1.82) is 5.26 Å². The van der Waals surface area contributed by atoms with E-state index in [9.17, 15) is 5.11 Å². The highest BCUT2D eigenvalue weighted by atomic mass is 35.5. The van der Waals surface area contributed by atoms with Gasteiger partial charge in [0.1, 0.15) is 0 Å². The Kier molecular flexibility index (Phi) is 5.93. The predicted molar refractivity (Wildman–Crippen MR) is 71.8 cm³/mol. The lowest BCUT2D eigenvalue weighted by atomic mass is 10.2. The maximum Gasteiger partial charge on any atom is 0.0992 e. The van der Waals surface area contributed by atoms with E-state index in [-0.39, 0.29) is 12.7 Å². The minimum absolute atomic E-state index is 0.0955. The minimum Gasteiger partial charge on any atom is -0.389 e. The summed E-state index contributed by atoms with van der Waals surface area (Å²) in [5, 5.41) is 21.9. The number of anilines is 1.